The summed E-state index contributed by atoms with van der Waals surface area (Å²) in [5, 5.41) is 2.53. The Morgan fingerprint density at radius 1 is 0.629 bits per heavy atom. The zero-order valence-electron chi connectivity index (χ0n) is 20.2. The highest BCUT2D eigenvalue weighted by molar-refractivity contribution is 5.91. The third-order valence-corrected chi connectivity index (χ3v) is 7.12. The Balaban J connectivity index is 1.70. The van der Waals surface area contributed by atoms with E-state index in [4.69, 9.17) is 4.74 Å². The molecule has 0 fully saturated rings. The van der Waals surface area contributed by atoms with Gasteiger partial charge >= 0.3 is 0 Å². The lowest BCUT2D eigenvalue weighted by Crippen LogP contribution is -2.07. The van der Waals surface area contributed by atoms with Crippen molar-refractivity contribution in [3.63, 3.8) is 0 Å². The molecule has 0 aliphatic carbocycles. The topological polar surface area (TPSA) is 40.8 Å². The predicted octanol–water partition coefficient (Wildman–Crippen LogP) is 8.12. The maximum Gasteiger partial charge on any atom is 0.119 e. The number of methoxy groups -OCH3 is 1. The van der Waals surface area contributed by atoms with Crippen LogP contribution < -0.4 is 4.74 Å². The minimum Gasteiger partial charge on any atom is -0.497 e. The maximum atomic E-state index is 5.56. The third kappa shape index (κ3) is 3.52. The molecule has 3 nitrogen and oxygen atoms in total. The monoisotopic (exact) mass is 456 g/mol. The van der Waals surface area contributed by atoms with Crippen LogP contribution >= 0.6 is 0 Å². The molecule has 3 heteroatoms. The summed E-state index contributed by atoms with van der Waals surface area (Å²) in [6.45, 7) is 4.39. The molecule has 0 atom stereocenters. The molecule has 0 unspecified atom stereocenters. The van der Waals surface area contributed by atoms with E-state index in [1.54, 1.807) is 7.11 Å². The molecular weight excluding hydrogens is 428 g/mol. The normalized spacial score (nSPS) is 11.5. The van der Waals surface area contributed by atoms with Crippen LogP contribution in [0, 0.1) is 13.8 Å². The van der Waals surface area contributed by atoms with Crippen molar-refractivity contribution in [3.05, 3.63) is 125 Å². The highest BCUT2D eigenvalue weighted by atomic mass is 16.5. The van der Waals surface area contributed by atoms with Crippen molar-refractivity contribution in [1.82, 2.24) is 9.97 Å². The molecular formula is C32H28N2O. The summed E-state index contributed by atoms with van der Waals surface area (Å²) in [5.74, 6) is 0.908. The smallest absolute Gasteiger partial charge is 0.119 e. The standard InChI is InChI=1S/C32H28N2O/c1-20-30(26-15-6-8-17-28(26)33-20)32(31-21(2)34-29-18-9-7-16-27(29)31)25-14-5-4-13-24(25)22-11-10-12-23(19-22)35-3/h4-19,32-34H,1-3H3. The van der Waals surface area contributed by atoms with Gasteiger partial charge in [0.15, 0.2) is 0 Å². The van der Waals surface area contributed by atoms with Gasteiger partial charge in [-0.15, -0.1) is 0 Å². The maximum absolute atomic E-state index is 5.56. The molecule has 0 radical (unpaired) electrons. The minimum absolute atomic E-state index is 0.0460. The first-order valence-corrected chi connectivity index (χ1v) is 12.0. The summed E-state index contributed by atoms with van der Waals surface area (Å²) in [6, 6.07) is 34.4. The Kier molecular flexibility index (Phi) is 5.18. The van der Waals surface area contributed by atoms with Gasteiger partial charge in [0, 0.05) is 39.1 Å². The number of para-hydroxylation sites is 2. The highest BCUT2D eigenvalue weighted by Gasteiger charge is 2.29. The van der Waals surface area contributed by atoms with Gasteiger partial charge in [0.1, 0.15) is 5.75 Å². The molecule has 0 aliphatic rings. The SMILES string of the molecule is COc1cccc(-c2ccccc2C(c2c(C)[nH]c3ccccc23)c2c(C)[nH]c3ccccc23)c1. The van der Waals surface area contributed by atoms with Crippen molar-refractivity contribution >= 4 is 21.8 Å². The first kappa shape index (κ1) is 21.3. The van der Waals surface area contributed by atoms with Crippen molar-refractivity contribution in [1.29, 1.82) is 0 Å². The molecule has 2 N–H and O–H groups in total. The fourth-order valence-corrected chi connectivity index (χ4v) is 5.60. The van der Waals surface area contributed by atoms with E-state index in [0.717, 1.165) is 11.3 Å². The van der Waals surface area contributed by atoms with Gasteiger partial charge in [-0.2, -0.15) is 0 Å². The van der Waals surface area contributed by atoms with Gasteiger partial charge in [0.05, 0.1) is 7.11 Å². The average molecular weight is 457 g/mol. The summed E-state index contributed by atoms with van der Waals surface area (Å²) in [5.41, 5.74) is 11.0. The van der Waals surface area contributed by atoms with Gasteiger partial charge in [0.2, 0.25) is 0 Å². The third-order valence-electron chi connectivity index (χ3n) is 7.12. The van der Waals surface area contributed by atoms with Crippen LogP contribution in [0.2, 0.25) is 0 Å². The lowest BCUT2D eigenvalue weighted by Gasteiger charge is -2.23. The van der Waals surface area contributed by atoms with Gasteiger partial charge in [-0.1, -0.05) is 72.8 Å². The van der Waals surface area contributed by atoms with Crippen LogP contribution in [0.25, 0.3) is 32.9 Å². The van der Waals surface area contributed by atoms with Gasteiger partial charge in [-0.05, 0) is 65.9 Å². The number of rotatable bonds is 5. The number of ether oxygens (including phenoxy) is 1. The summed E-state index contributed by atoms with van der Waals surface area (Å²) < 4.78 is 5.56. The van der Waals surface area contributed by atoms with Crippen LogP contribution in [0.1, 0.15) is 34.0 Å². The number of nitrogens with one attached hydrogen (secondary N) is 2. The fourth-order valence-electron chi connectivity index (χ4n) is 5.60. The molecule has 2 aromatic heterocycles. The summed E-state index contributed by atoms with van der Waals surface area (Å²) >= 11 is 0. The number of hydrogen-bond acceptors (Lipinski definition) is 1. The number of benzene rings is 4. The van der Waals surface area contributed by atoms with E-state index < -0.39 is 0 Å². The van der Waals surface area contributed by atoms with E-state index in [0.29, 0.717) is 0 Å². The van der Waals surface area contributed by atoms with Crippen LogP contribution in [-0.2, 0) is 0 Å². The molecule has 35 heavy (non-hydrogen) atoms. The van der Waals surface area contributed by atoms with E-state index in [2.05, 4.69) is 115 Å². The number of aryl methyl sites for hydroxylation is 2. The molecule has 0 bridgehead atoms. The van der Waals surface area contributed by atoms with Crippen molar-refractivity contribution in [2.75, 3.05) is 7.11 Å². The van der Waals surface area contributed by atoms with E-state index in [9.17, 15) is 0 Å². The zero-order valence-corrected chi connectivity index (χ0v) is 20.2. The van der Waals surface area contributed by atoms with E-state index in [1.165, 1.54) is 55.4 Å². The number of fused-ring (bicyclic) bond motifs is 2. The molecule has 0 spiro atoms. The van der Waals surface area contributed by atoms with Crippen LogP contribution in [0.15, 0.2) is 97.1 Å². The molecule has 6 rings (SSSR count). The molecule has 0 aliphatic heterocycles. The van der Waals surface area contributed by atoms with Gasteiger partial charge in [0.25, 0.3) is 0 Å². The minimum atomic E-state index is 0.0460. The second-order valence-corrected chi connectivity index (χ2v) is 9.17. The van der Waals surface area contributed by atoms with Crippen LogP contribution in [0.4, 0.5) is 0 Å². The number of aromatic amines is 2. The molecule has 0 amide bonds. The second-order valence-electron chi connectivity index (χ2n) is 9.17. The number of H-pyrrole nitrogens is 2. The largest absolute Gasteiger partial charge is 0.497 e. The van der Waals surface area contributed by atoms with Gasteiger partial charge in [-0.25, -0.2) is 0 Å². The Morgan fingerprint density at radius 3 is 1.83 bits per heavy atom. The van der Waals surface area contributed by atoms with E-state index in [-0.39, 0.29) is 5.92 Å². The highest BCUT2D eigenvalue weighted by Crippen LogP contribution is 2.45. The number of aromatic nitrogens is 2. The van der Waals surface area contributed by atoms with Gasteiger partial charge in [-0.3, -0.25) is 0 Å². The van der Waals surface area contributed by atoms with Crippen LogP contribution in [0.3, 0.4) is 0 Å². The molecule has 6 aromatic rings. The summed E-state index contributed by atoms with van der Waals surface area (Å²) in [6.07, 6.45) is 0. The predicted molar refractivity (Wildman–Crippen MR) is 145 cm³/mol. The van der Waals surface area contributed by atoms with Crippen molar-refractivity contribution < 1.29 is 4.74 Å². The van der Waals surface area contributed by atoms with E-state index >= 15 is 0 Å². The van der Waals surface area contributed by atoms with Crippen molar-refractivity contribution in [3.8, 4) is 16.9 Å². The molecule has 0 saturated heterocycles. The van der Waals surface area contributed by atoms with Crippen LogP contribution in [0.5, 0.6) is 5.75 Å². The quantitative estimate of drug-likeness (QED) is 0.270. The van der Waals surface area contributed by atoms with E-state index in [1.807, 2.05) is 6.07 Å². The summed E-state index contributed by atoms with van der Waals surface area (Å²) in [4.78, 5) is 7.31. The zero-order chi connectivity index (χ0) is 23.9. The Morgan fingerprint density at radius 2 is 1.20 bits per heavy atom. The van der Waals surface area contributed by atoms with Crippen LogP contribution in [-0.4, -0.2) is 17.1 Å². The first-order valence-electron chi connectivity index (χ1n) is 12.0. The lowest BCUT2D eigenvalue weighted by atomic mass is 9.79. The molecule has 0 saturated carbocycles. The lowest BCUT2D eigenvalue weighted by molar-refractivity contribution is 0.415. The Labute approximate surface area is 205 Å². The fraction of sp³-hybridized carbons (Fsp3) is 0.125. The van der Waals surface area contributed by atoms with Crippen molar-refractivity contribution in [2.45, 2.75) is 19.8 Å². The summed E-state index contributed by atoms with van der Waals surface area (Å²) in [7, 11) is 1.72. The average Bonchev–Trinajstić information content (AvgIpc) is 3.40. The molecule has 4 aromatic carbocycles. The number of hydrogen-bond donors (Lipinski definition) is 2. The van der Waals surface area contributed by atoms with Crippen molar-refractivity contribution in [2.24, 2.45) is 0 Å². The van der Waals surface area contributed by atoms with Gasteiger partial charge < -0.3 is 14.7 Å². The molecule has 172 valence electrons. The molecule has 2 heterocycles. The Hall–Kier alpha value is -4.24. The first-order chi connectivity index (χ1) is 17.2. The Bertz CT molecular complexity index is 1590. The second kappa shape index (κ2) is 8.52.